The average Bonchev–Trinajstić information content (AvgIpc) is 2.71. The molecular weight excluding hydrogens is 364 g/mol. The third kappa shape index (κ3) is 13.2. The van der Waals surface area contributed by atoms with Crippen LogP contribution in [0.3, 0.4) is 0 Å². The van der Waals surface area contributed by atoms with Gasteiger partial charge in [0.1, 0.15) is 5.75 Å². The van der Waals surface area contributed by atoms with Crippen molar-refractivity contribution in [3.63, 3.8) is 0 Å². The molecule has 0 saturated carbocycles. The number of aromatic carboxylic acids is 1. The third-order valence-electron chi connectivity index (χ3n) is 4.36. The van der Waals surface area contributed by atoms with Gasteiger partial charge < -0.3 is 9.84 Å². The van der Waals surface area contributed by atoms with E-state index in [2.05, 4.69) is 43.4 Å². The summed E-state index contributed by atoms with van der Waals surface area (Å²) in [5.41, 5.74) is 0.177. The van der Waals surface area contributed by atoms with Crippen molar-refractivity contribution in [1.82, 2.24) is 0 Å². The summed E-state index contributed by atoms with van der Waals surface area (Å²) in [5, 5.41) is 8.84. The summed E-state index contributed by atoms with van der Waals surface area (Å²) >= 11 is 0. The van der Waals surface area contributed by atoms with Crippen LogP contribution in [0.1, 0.15) is 81.5 Å². The second-order valence-corrected chi connectivity index (χ2v) is 6.90. The smallest absolute Gasteiger partial charge is 0.335 e. The van der Waals surface area contributed by atoms with Gasteiger partial charge in [-0.25, -0.2) is 4.79 Å². The molecule has 0 radical (unpaired) electrons. The van der Waals surface area contributed by atoms with E-state index in [1.54, 1.807) is 0 Å². The van der Waals surface area contributed by atoms with Crippen molar-refractivity contribution < 1.29 is 19.4 Å². The van der Waals surface area contributed by atoms with Gasteiger partial charge in [0.05, 0.1) is 5.56 Å². The van der Waals surface area contributed by atoms with Gasteiger partial charge in [-0.05, 0) is 62.8 Å². The molecule has 0 aliphatic rings. The lowest BCUT2D eigenvalue weighted by Gasteiger charge is -2.04. The highest BCUT2D eigenvalue weighted by atomic mass is 16.5. The summed E-state index contributed by atoms with van der Waals surface area (Å²) < 4.78 is 5.22. The Morgan fingerprint density at radius 3 is 2.07 bits per heavy atom. The van der Waals surface area contributed by atoms with Gasteiger partial charge in [0.25, 0.3) is 0 Å². The molecule has 29 heavy (non-hydrogen) atoms. The normalized spacial score (nSPS) is 11.6. The molecule has 0 unspecified atom stereocenters. The molecule has 0 bridgehead atoms. The first kappa shape index (κ1) is 24.4. The van der Waals surface area contributed by atoms with Crippen molar-refractivity contribution in [2.75, 3.05) is 0 Å². The summed E-state index contributed by atoms with van der Waals surface area (Å²) in [4.78, 5) is 22.6. The van der Waals surface area contributed by atoms with Gasteiger partial charge in [-0.1, -0.05) is 62.6 Å². The number of hydrogen-bond acceptors (Lipinski definition) is 3. The van der Waals surface area contributed by atoms with Crippen LogP contribution in [-0.4, -0.2) is 17.0 Å². The summed E-state index contributed by atoms with van der Waals surface area (Å²) in [5.74, 6) is -0.876. The number of carbonyl (C=O) groups excluding carboxylic acids is 1. The number of hydrogen-bond donors (Lipinski definition) is 1. The van der Waals surface area contributed by atoms with Crippen LogP contribution in [0.4, 0.5) is 0 Å². The Morgan fingerprint density at radius 1 is 0.828 bits per heavy atom. The number of carboxylic acids is 1. The van der Waals surface area contributed by atoms with Crippen LogP contribution in [0.15, 0.2) is 60.7 Å². The standard InChI is InChI=1S/C25H34O4/c1-2-3-4-5-6-7-8-9-10-11-12-13-14-15-16-17-24(26)29-23-20-18-22(19-21-23)25(27)28/h3-4,6-7,9-10,18-21H,2,5,8,11-17H2,1H3,(H,27,28)/b4-3-,7-6-,10-9-. The van der Waals surface area contributed by atoms with Crippen LogP contribution in [0, 0.1) is 0 Å². The first-order chi connectivity index (χ1) is 14.1. The molecule has 1 aromatic rings. The van der Waals surface area contributed by atoms with Gasteiger partial charge in [-0.15, -0.1) is 0 Å². The Kier molecular flexibility index (Phi) is 13.8. The minimum Gasteiger partial charge on any atom is -0.478 e. The molecule has 158 valence electrons. The third-order valence-corrected chi connectivity index (χ3v) is 4.36. The molecule has 0 spiro atoms. The fraction of sp³-hybridized carbons (Fsp3) is 0.440. The molecule has 0 fully saturated rings. The van der Waals surface area contributed by atoms with Crippen LogP contribution in [0.2, 0.25) is 0 Å². The molecule has 0 aliphatic heterocycles. The second kappa shape index (κ2) is 16.3. The summed E-state index contributed by atoms with van der Waals surface area (Å²) in [6.07, 6.45) is 23.2. The van der Waals surface area contributed by atoms with Crippen molar-refractivity contribution in [1.29, 1.82) is 0 Å². The maximum atomic E-state index is 11.8. The van der Waals surface area contributed by atoms with E-state index in [1.807, 2.05) is 0 Å². The molecule has 0 aliphatic carbocycles. The Hall–Kier alpha value is -2.62. The summed E-state index contributed by atoms with van der Waals surface area (Å²) in [7, 11) is 0. The van der Waals surface area contributed by atoms with Crippen molar-refractivity contribution in [2.45, 2.75) is 71.1 Å². The van der Waals surface area contributed by atoms with Gasteiger partial charge in [0.15, 0.2) is 0 Å². The molecule has 0 amide bonds. The van der Waals surface area contributed by atoms with E-state index in [0.29, 0.717) is 12.2 Å². The largest absolute Gasteiger partial charge is 0.478 e. The number of carboxylic acid groups (broad SMARTS) is 1. The predicted octanol–water partition coefficient (Wildman–Crippen LogP) is 6.88. The van der Waals surface area contributed by atoms with Crippen molar-refractivity contribution in [3.05, 3.63) is 66.3 Å². The molecule has 1 rings (SSSR count). The van der Waals surface area contributed by atoms with Crippen molar-refractivity contribution in [2.24, 2.45) is 0 Å². The number of esters is 1. The average molecular weight is 399 g/mol. The SMILES string of the molecule is CC/C=C\C/C=C\C/C=C\CCCCCCCC(=O)Oc1ccc(C(=O)O)cc1. The molecule has 1 aromatic carbocycles. The zero-order chi connectivity index (χ0) is 21.2. The minimum atomic E-state index is -0.995. The van der Waals surface area contributed by atoms with E-state index >= 15 is 0 Å². The molecule has 4 heteroatoms. The highest BCUT2D eigenvalue weighted by molar-refractivity contribution is 5.87. The Labute approximate surface area is 175 Å². The second-order valence-electron chi connectivity index (χ2n) is 6.90. The van der Waals surface area contributed by atoms with E-state index in [1.165, 1.54) is 37.1 Å². The first-order valence-corrected chi connectivity index (χ1v) is 10.6. The predicted molar refractivity (Wildman–Crippen MR) is 118 cm³/mol. The fourth-order valence-corrected chi connectivity index (χ4v) is 2.74. The maximum Gasteiger partial charge on any atom is 0.335 e. The molecule has 0 atom stereocenters. The number of rotatable bonds is 15. The molecular formula is C25H34O4. The minimum absolute atomic E-state index is 0.177. The Balaban J connectivity index is 1.98. The highest BCUT2D eigenvalue weighted by Crippen LogP contribution is 2.14. The van der Waals surface area contributed by atoms with E-state index < -0.39 is 5.97 Å². The van der Waals surface area contributed by atoms with Crippen LogP contribution in [-0.2, 0) is 4.79 Å². The lowest BCUT2D eigenvalue weighted by atomic mass is 10.1. The van der Waals surface area contributed by atoms with Crippen molar-refractivity contribution in [3.8, 4) is 5.75 Å². The number of allylic oxidation sites excluding steroid dienone is 6. The van der Waals surface area contributed by atoms with Gasteiger partial charge in [0, 0.05) is 6.42 Å². The van der Waals surface area contributed by atoms with Gasteiger partial charge >= 0.3 is 11.9 Å². The van der Waals surface area contributed by atoms with Gasteiger partial charge in [0.2, 0.25) is 0 Å². The van der Waals surface area contributed by atoms with E-state index in [9.17, 15) is 9.59 Å². The molecule has 4 nitrogen and oxygen atoms in total. The van der Waals surface area contributed by atoms with E-state index in [-0.39, 0.29) is 11.5 Å². The van der Waals surface area contributed by atoms with Crippen molar-refractivity contribution >= 4 is 11.9 Å². The summed E-state index contributed by atoms with van der Waals surface area (Å²) in [6, 6.07) is 5.88. The van der Waals surface area contributed by atoms with E-state index in [0.717, 1.165) is 44.9 Å². The van der Waals surface area contributed by atoms with Gasteiger partial charge in [-0.3, -0.25) is 4.79 Å². The Morgan fingerprint density at radius 2 is 1.41 bits per heavy atom. The molecule has 0 heterocycles. The topological polar surface area (TPSA) is 63.6 Å². The van der Waals surface area contributed by atoms with Gasteiger partial charge in [-0.2, -0.15) is 0 Å². The maximum absolute atomic E-state index is 11.8. The summed E-state index contributed by atoms with van der Waals surface area (Å²) in [6.45, 7) is 2.14. The number of benzene rings is 1. The highest BCUT2D eigenvalue weighted by Gasteiger charge is 2.06. The molecule has 0 aromatic heterocycles. The lowest BCUT2D eigenvalue weighted by Crippen LogP contribution is -2.07. The van der Waals surface area contributed by atoms with E-state index in [4.69, 9.17) is 9.84 Å². The number of ether oxygens (including phenoxy) is 1. The number of unbranched alkanes of at least 4 members (excludes halogenated alkanes) is 5. The van der Waals surface area contributed by atoms with Crippen LogP contribution in [0.25, 0.3) is 0 Å². The lowest BCUT2D eigenvalue weighted by molar-refractivity contribution is -0.134. The fourth-order valence-electron chi connectivity index (χ4n) is 2.74. The zero-order valence-corrected chi connectivity index (χ0v) is 17.5. The van der Waals surface area contributed by atoms with Crippen LogP contribution < -0.4 is 4.74 Å². The molecule has 0 saturated heterocycles. The Bertz CT molecular complexity index is 669. The van der Waals surface area contributed by atoms with Crippen LogP contribution >= 0.6 is 0 Å². The monoisotopic (exact) mass is 398 g/mol. The molecule has 1 N–H and O–H groups in total. The number of carbonyl (C=O) groups is 2. The zero-order valence-electron chi connectivity index (χ0n) is 17.5. The first-order valence-electron chi connectivity index (χ1n) is 10.6. The van der Waals surface area contributed by atoms with Crippen LogP contribution in [0.5, 0.6) is 5.75 Å². The quantitative estimate of drug-likeness (QED) is 0.151.